The van der Waals surface area contributed by atoms with Crippen molar-refractivity contribution in [2.24, 2.45) is 0 Å². The maximum absolute atomic E-state index is 2.34. The Balaban J connectivity index is 1.81. The Kier molecular flexibility index (Phi) is 4.98. The lowest BCUT2D eigenvalue weighted by Gasteiger charge is -2.14. The number of benzene rings is 4. The van der Waals surface area contributed by atoms with E-state index in [9.17, 15) is 0 Å². The van der Waals surface area contributed by atoms with Gasteiger partial charge in [-0.15, -0.1) is 0 Å². The standard InChI is InChI=1S/C30H22/c1-5-13-23(14-6-1)21-27-22-28(24-15-7-2-8-16-24)30(26-19-11-4-12-20-26)29(27)25-17-9-3-10-18-25/h1-22H/b27-21+. The molecule has 1 aliphatic carbocycles. The SMILES string of the molecule is C1=C(c2ccccc2)C(c2ccccc2)=C(c2ccccc2)/C1=C/c1ccccc1. The van der Waals surface area contributed by atoms with Crippen LogP contribution in [0.2, 0.25) is 0 Å². The van der Waals surface area contributed by atoms with Crippen LogP contribution in [-0.4, -0.2) is 0 Å². The minimum absolute atomic E-state index is 1.21. The molecule has 30 heavy (non-hydrogen) atoms. The molecule has 0 N–H and O–H groups in total. The van der Waals surface area contributed by atoms with Crippen LogP contribution in [0.15, 0.2) is 133 Å². The molecule has 0 radical (unpaired) electrons. The van der Waals surface area contributed by atoms with Crippen LogP contribution in [0.4, 0.5) is 0 Å². The first kappa shape index (κ1) is 18.1. The summed E-state index contributed by atoms with van der Waals surface area (Å²) in [5.74, 6) is 0. The summed E-state index contributed by atoms with van der Waals surface area (Å²) in [5.41, 5.74) is 10.00. The molecule has 4 aromatic carbocycles. The van der Waals surface area contributed by atoms with Crippen molar-refractivity contribution in [1.29, 1.82) is 0 Å². The second kappa shape index (κ2) is 8.23. The van der Waals surface area contributed by atoms with Crippen molar-refractivity contribution >= 4 is 22.8 Å². The molecule has 0 unspecified atom stereocenters. The molecule has 0 nitrogen and oxygen atoms in total. The van der Waals surface area contributed by atoms with E-state index in [-0.39, 0.29) is 0 Å². The molecule has 0 atom stereocenters. The predicted octanol–water partition coefficient (Wildman–Crippen LogP) is 7.78. The molecule has 0 heteroatoms. The maximum Gasteiger partial charge on any atom is -0.00206 e. The van der Waals surface area contributed by atoms with Crippen LogP contribution in [0, 0.1) is 0 Å². The third-order valence-corrected chi connectivity index (χ3v) is 5.44. The van der Waals surface area contributed by atoms with Gasteiger partial charge in [0.25, 0.3) is 0 Å². The lowest BCUT2D eigenvalue weighted by atomic mass is 9.89. The first-order valence-electron chi connectivity index (χ1n) is 10.3. The second-order valence-corrected chi connectivity index (χ2v) is 7.42. The first-order valence-corrected chi connectivity index (χ1v) is 10.3. The number of rotatable bonds is 4. The van der Waals surface area contributed by atoms with E-state index in [4.69, 9.17) is 0 Å². The average molecular weight is 383 g/mol. The predicted molar refractivity (Wildman–Crippen MR) is 129 cm³/mol. The van der Waals surface area contributed by atoms with Gasteiger partial charge in [0, 0.05) is 0 Å². The van der Waals surface area contributed by atoms with E-state index in [1.165, 1.54) is 44.5 Å². The smallest absolute Gasteiger partial charge is 0.00206 e. The zero-order valence-electron chi connectivity index (χ0n) is 16.7. The van der Waals surface area contributed by atoms with Crippen LogP contribution in [0.25, 0.3) is 22.8 Å². The van der Waals surface area contributed by atoms with Crippen molar-refractivity contribution in [1.82, 2.24) is 0 Å². The van der Waals surface area contributed by atoms with Gasteiger partial charge in [-0.1, -0.05) is 121 Å². The lowest BCUT2D eigenvalue weighted by Crippen LogP contribution is -1.92. The summed E-state index contributed by atoms with van der Waals surface area (Å²) in [4.78, 5) is 0. The Bertz CT molecular complexity index is 1230. The fraction of sp³-hybridized carbons (Fsp3) is 0. The minimum atomic E-state index is 1.21. The van der Waals surface area contributed by atoms with Gasteiger partial charge in [-0.3, -0.25) is 0 Å². The summed E-state index contributed by atoms with van der Waals surface area (Å²) in [6.07, 6.45) is 4.63. The average Bonchev–Trinajstić information content (AvgIpc) is 3.20. The summed E-state index contributed by atoms with van der Waals surface area (Å²) in [6, 6.07) is 42.7. The van der Waals surface area contributed by atoms with E-state index in [2.05, 4.69) is 133 Å². The van der Waals surface area contributed by atoms with E-state index >= 15 is 0 Å². The largest absolute Gasteiger partial charge is 0.0622 e. The molecule has 0 fully saturated rings. The van der Waals surface area contributed by atoms with Crippen molar-refractivity contribution in [3.63, 3.8) is 0 Å². The molecule has 0 heterocycles. The van der Waals surface area contributed by atoms with Gasteiger partial charge in [0.05, 0.1) is 0 Å². The number of hydrogen-bond acceptors (Lipinski definition) is 0. The molecule has 5 rings (SSSR count). The quantitative estimate of drug-likeness (QED) is 0.338. The molecule has 0 aromatic heterocycles. The topological polar surface area (TPSA) is 0 Å². The van der Waals surface area contributed by atoms with Crippen LogP contribution in [-0.2, 0) is 0 Å². The van der Waals surface area contributed by atoms with E-state index < -0.39 is 0 Å². The Morgan fingerprint density at radius 2 is 0.833 bits per heavy atom. The zero-order valence-corrected chi connectivity index (χ0v) is 16.7. The molecular weight excluding hydrogens is 360 g/mol. The van der Waals surface area contributed by atoms with Gasteiger partial charge in [-0.25, -0.2) is 0 Å². The highest BCUT2D eigenvalue weighted by Gasteiger charge is 2.25. The van der Waals surface area contributed by atoms with Crippen LogP contribution >= 0.6 is 0 Å². The molecule has 0 aliphatic heterocycles. The van der Waals surface area contributed by atoms with Gasteiger partial charge in [0.1, 0.15) is 0 Å². The molecule has 1 aliphatic rings. The van der Waals surface area contributed by atoms with Gasteiger partial charge in [-0.05, 0) is 56.7 Å². The van der Waals surface area contributed by atoms with Crippen molar-refractivity contribution in [2.75, 3.05) is 0 Å². The molecule has 0 bridgehead atoms. The van der Waals surface area contributed by atoms with Crippen LogP contribution < -0.4 is 0 Å². The van der Waals surface area contributed by atoms with E-state index in [1.807, 2.05) is 0 Å². The van der Waals surface area contributed by atoms with Crippen molar-refractivity contribution in [2.45, 2.75) is 0 Å². The highest BCUT2D eigenvalue weighted by molar-refractivity contribution is 6.24. The zero-order chi connectivity index (χ0) is 20.2. The highest BCUT2D eigenvalue weighted by Crippen LogP contribution is 2.47. The second-order valence-electron chi connectivity index (χ2n) is 7.42. The van der Waals surface area contributed by atoms with Crippen LogP contribution in [0.1, 0.15) is 22.3 Å². The van der Waals surface area contributed by atoms with Crippen molar-refractivity contribution < 1.29 is 0 Å². The fourth-order valence-corrected chi connectivity index (χ4v) is 4.09. The number of allylic oxidation sites excluding steroid dienone is 5. The van der Waals surface area contributed by atoms with Crippen LogP contribution in [0.3, 0.4) is 0 Å². The molecule has 142 valence electrons. The Labute approximate surface area is 178 Å². The highest BCUT2D eigenvalue weighted by atomic mass is 14.3. The normalized spacial score (nSPS) is 14.8. The molecular formula is C30H22. The summed E-state index contributed by atoms with van der Waals surface area (Å²) in [5, 5.41) is 0. The van der Waals surface area contributed by atoms with E-state index in [0.717, 1.165) is 0 Å². The van der Waals surface area contributed by atoms with E-state index in [0.29, 0.717) is 0 Å². The summed E-state index contributed by atoms with van der Waals surface area (Å²) in [7, 11) is 0. The molecule has 0 amide bonds. The number of hydrogen-bond donors (Lipinski definition) is 0. The van der Waals surface area contributed by atoms with E-state index in [1.54, 1.807) is 0 Å². The first-order chi connectivity index (χ1) is 14.9. The lowest BCUT2D eigenvalue weighted by molar-refractivity contribution is 1.58. The summed E-state index contributed by atoms with van der Waals surface area (Å²) in [6.45, 7) is 0. The minimum Gasteiger partial charge on any atom is -0.0622 e. The van der Waals surface area contributed by atoms with Gasteiger partial charge in [-0.2, -0.15) is 0 Å². The van der Waals surface area contributed by atoms with Crippen LogP contribution in [0.5, 0.6) is 0 Å². The Morgan fingerprint density at radius 1 is 0.400 bits per heavy atom. The fourth-order valence-electron chi connectivity index (χ4n) is 4.09. The molecule has 0 saturated carbocycles. The Hall–Kier alpha value is -3.90. The maximum atomic E-state index is 2.34. The van der Waals surface area contributed by atoms with Gasteiger partial charge >= 0.3 is 0 Å². The molecule has 0 saturated heterocycles. The van der Waals surface area contributed by atoms with Gasteiger partial charge < -0.3 is 0 Å². The summed E-state index contributed by atoms with van der Waals surface area (Å²) < 4.78 is 0. The third kappa shape index (κ3) is 3.56. The third-order valence-electron chi connectivity index (χ3n) is 5.44. The molecule has 4 aromatic rings. The summed E-state index contributed by atoms with van der Waals surface area (Å²) >= 11 is 0. The monoisotopic (exact) mass is 382 g/mol. The van der Waals surface area contributed by atoms with Crippen molar-refractivity contribution in [3.8, 4) is 0 Å². The van der Waals surface area contributed by atoms with Gasteiger partial charge in [0.15, 0.2) is 0 Å². The van der Waals surface area contributed by atoms with Gasteiger partial charge in [0.2, 0.25) is 0 Å². The Morgan fingerprint density at radius 3 is 1.37 bits per heavy atom. The molecule has 0 spiro atoms. The van der Waals surface area contributed by atoms with Crippen molar-refractivity contribution in [3.05, 3.63) is 155 Å².